The van der Waals surface area contributed by atoms with E-state index < -0.39 is 5.82 Å². The molecule has 1 amide bonds. The molecule has 3 heterocycles. The number of nitrogens with zero attached hydrogens (tertiary/aromatic N) is 3. The van der Waals surface area contributed by atoms with Crippen molar-refractivity contribution in [3.63, 3.8) is 0 Å². The zero-order chi connectivity index (χ0) is 21.5. The van der Waals surface area contributed by atoms with E-state index in [1.165, 1.54) is 23.8 Å². The minimum atomic E-state index is -0.492. The lowest BCUT2D eigenvalue weighted by atomic mass is 10.1. The van der Waals surface area contributed by atoms with Crippen LogP contribution in [0.5, 0.6) is 5.75 Å². The number of aromatic nitrogens is 3. The number of benzene rings is 2. The van der Waals surface area contributed by atoms with Crippen molar-refractivity contribution in [2.24, 2.45) is 0 Å². The first-order valence-electron chi connectivity index (χ1n) is 9.86. The molecule has 0 fully saturated rings. The Morgan fingerprint density at radius 2 is 2.00 bits per heavy atom. The van der Waals surface area contributed by atoms with Gasteiger partial charge in [0, 0.05) is 47.6 Å². The molecule has 0 aliphatic carbocycles. The number of carbonyl (C=O) groups is 1. The highest BCUT2D eigenvalue weighted by atomic mass is 19.1. The molecule has 0 atom stereocenters. The van der Waals surface area contributed by atoms with Crippen LogP contribution >= 0.6 is 0 Å². The highest BCUT2D eigenvalue weighted by Gasteiger charge is 2.26. The van der Waals surface area contributed by atoms with Crippen LogP contribution in [0, 0.1) is 5.82 Å². The largest absolute Gasteiger partial charge is 0.497 e. The molecule has 7 nitrogen and oxygen atoms in total. The van der Waals surface area contributed by atoms with Crippen molar-refractivity contribution >= 4 is 11.6 Å². The molecule has 0 spiro atoms. The predicted octanol–water partition coefficient (Wildman–Crippen LogP) is 3.04. The van der Waals surface area contributed by atoms with Gasteiger partial charge in [-0.2, -0.15) is 0 Å². The molecule has 8 heteroatoms. The zero-order valence-corrected chi connectivity index (χ0v) is 16.8. The summed E-state index contributed by atoms with van der Waals surface area (Å²) in [5, 5.41) is 0. The zero-order valence-electron chi connectivity index (χ0n) is 16.8. The Labute approximate surface area is 176 Å². The van der Waals surface area contributed by atoms with Crippen LogP contribution in [0.15, 0.2) is 59.5 Å². The summed E-state index contributed by atoms with van der Waals surface area (Å²) >= 11 is 0. The number of carbonyl (C=O) groups excluding carboxylic acids is 1. The van der Waals surface area contributed by atoms with Crippen LogP contribution in [0.3, 0.4) is 0 Å². The third-order valence-electron chi connectivity index (χ3n) is 5.56. The number of ether oxygens (including phenoxy) is 1. The van der Waals surface area contributed by atoms with Crippen LogP contribution in [0.4, 0.5) is 4.39 Å². The molecule has 156 valence electrons. The number of halogens is 1. The molecule has 0 bridgehead atoms. The lowest BCUT2D eigenvalue weighted by Crippen LogP contribution is -2.38. The standard InChI is InChI=1S/C23H19FN4O3/c1-31-15-7-8-16(18(24)11-15)20-13-28-21(25-20)17-12-27(10-9-19(17)26-23(28)30)22(29)14-5-3-2-4-6-14/h2-8,11,13H,9-10,12H2,1H3,(H,26,30). The molecular weight excluding hydrogens is 399 g/mol. The van der Waals surface area contributed by atoms with E-state index in [1.807, 2.05) is 18.2 Å². The maximum absolute atomic E-state index is 14.6. The van der Waals surface area contributed by atoms with Gasteiger partial charge in [-0.05, 0) is 24.3 Å². The van der Waals surface area contributed by atoms with Crippen molar-refractivity contribution in [3.8, 4) is 17.0 Å². The van der Waals surface area contributed by atoms with Gasteiger partial charge in [0.05, 0.1) is 19.3 Å². The molecule has 5 rings (SSSR count). The molecule has 0 saturated heterocycles. The smallest absolute Gasteiger partial charge is 0.331 e. The highest BCUT2D eigenvalue weighted by Crippen LogP contribution is 2.28. The first-order chi connectivity index (χ1) is 15.0. The van der Waals surface area contributed by atoms with Crippen LogP contribution in [-0.4, -0.2) is 38.8 Å². The number of H-pyrrole nitrogens is 1. The fourth-order valence-corrected chi connectivity index (χ4v) is 3.94. The minimum absolute atomic E-state index is 0.0800. The van der Waals surface area contributed by atoms with Gasteiger partial charge in [-0.3, -0.25) is 9.20 Å². The molecule has 2 aromatic heterocycles. The van der Waals surface area contributed by atoms with E-state index in [2.05, 4.69) is 9.97 Å². The van der Waals surface area contributed by atoms with Crippen LogP contribution < -0.4 is 10.4 Å². The van der Waals surface area contributed by atoms with Gasteiger partial charge in [-0.15, -0.1) is 0 Å². The normalized spacial score (nSPS) is 13.3. The number of rotatable bonds is 3. The third kappa shape index (κ3) is 3.26. The quantitative estimate of drug-likeness (QED) is 0.555. The van der Waals surface area contributed by atoms with Gasteiger partial charge in [0.1, 0.15) is 17.2 Å². The summed E-state index contributed by atoms with van der Waals surface area (Å²) in [6.07, 6.45) is 2.02. The van der Waals surface area contributed by atoms with Crippen molar-refractivity contribution in [1.29, 1.82) is 0 Å². The maximum atomic E-state index is 14.6. The van der Waals surface area contributed by atoms with Gasteiger partial charge < -0.3 is 14.6 Å². The first-order valence-corrected chi connectivity index (χ1v) is 9.86. The fraction of sp³-hybridized carbons (Fsp3) is 0.174. The summed E-state index contributed by atoms with van der Waals surface area (Å²) in [5.74, 6) is -0.173. The Bertz CT molecular complexity index is 1360. The fourth-order valence-electron chi connectivity index (χ4n) is 3.94. The molecule has 2 aromatic carbocycles. The second-order valence-electron chi connectivity index (χ2n) is 7.40. The number of nitrogens with one attached hydrogen (secondary N) is 1. The molecule has 0 unspecified atom stereocenters. The minimum Gasteiger partial charge on any atom is -0.497 e. The third-order valence-corrected chi connectivity index (χ3v) is 5.56. The Balaban J connectivity index is 1.57. The lowest BCUT2D eigenvalue weighted by molar-refractivity contribution is 0.0734. The Morgan fingerprint density at radius 1 is 1.19 bits per heavy atom. The van der Waals surface area contributed by atoms with E-state index in [0.29, 0.717) is 42.2 Å². The van der Waals surface area contributed by atoms with E-state index in [1.54, 1.807) is 29.2 Å². The number of imidazole rings is 1. The van der Waals surface area contributed by atoms with Crippen LogP contribution in [0.1, 0.15) is 21.6 Å². The van der Waals surface area contributed by atoms with Gasteiger partial charge in [-0.1, -0.05) is 18.2 Å². The van der Waals surface area contributed by atoms with Gasteiger partial charge in [-0.25, -0.2) is 14.2 Å². The van der Waals surface area contributed by atoms with Crippen LogP contribution in [0.25, 0.3) is 16.9 Å². The molecule has 0 radical (unpaired) electrons. The summed E-state index contributed by atoms with van der Waals surface area (Å²) < 4.78 is 21.0. The first kappa shape index (κ1) is 19.0. The second kappa shape index (κ2) is 7.39. The Kier molecular flexibility index (Phi) is 4.54. The summed E-state index contributed by atoms with van der Waals surface area (Å²) in [4.78, 5) is 34.7. The van der Waals surface area contributed by atoms with Crippen molar-refractivity contribution in [1.82, 2.24) is 19.3 Å². The Hall–Kier alpha value is -3.94. The maximum Gasteiger partial charge on any atom is 0.331 e. The van der Waals surface area contributed by atoms with Gasteiger partial charge in [0.15, 0.2) is 0 Å². The number of aromatic amines is 1. The summed E-state index contributed by atoms with van der Waals surface area (Å²) in [7, 11) is 1.47. The van der Waals surface area contributed by atoms with E-state index in [9.17, 15) is 14.0 Å². The van der Waals surface area contributed by atoms with Gasteiger partial charge in [0.25, 0.3) is 5.91 Å². The summed E-state index contributed by atoms with van der Waals surface area (Å²) in [6.45, 7) is 0.804. The SMILES string of the molecule is COc1ccc(-c2cn3c(=O)[nH]c4c(c3n2)CN(C(=O)c2ccccc2)CC4)c(F)c1. The second-order valence-corrected chi connectivity index (χ2v) is 7.40. The molecule has 31 heavy (non-hydrogen) atoms. The van der Waals surface area contributed by atoms with Crippen LogP contribution in [0.2, 0.25) is 0 Å². The number of hydrogen-bond donors (Lipinski definition) is 1. The summed E-state index contributed by atoms with van der Waals surface area (Å²) in [5.41, 5.74) is 2.81. The molecule has 1 aliphatic heterocycles. The number of amides is 1. The molecule has 4 aromatic rings. The number of fused-ring (bicyclic) bond motifs is 3. The van der Waals surface area contributed by atoms with E-state index >= 15 is 0 Å². The van der Waals surface area contributed by atoms with E-state index in [-0.39, 0.29) is 17.2 Å². The molecule has 1 N–H and O–H groups in total. The van der Waals surface area contributed by atoms with Crippen molar-refractivity contribution < 1.29 is 13.9 Å². The molecular formula is C23H19FN4O3. The van der Waals surface area contributed by atoms with Crippen molar-refractivity contribution in [2.45, 2.75) is 13.0 Å². The molecule has 0 saturated carbocycles. The molecule has 1 aliphatic rings. The topological polar surface area (TPSA) is 79.7 Å². The van der Waals surface area contributed by atoms with Crippen LogP contribution in [-0.2, 0) is 13.0 Å². The van der Waals surface area contributed by atoms with Crippen molar-refractivity contribution in [3.05, 3.63) is 87.9 Å². The van der Waals surface area contributed by atoms with Gasteiger partial charge in [0.2, 0.25) is 0 Å². The monoisotopic (exact) mass is 418 g/mol. The predicted molar refractivity (Wildman–Crippen MR) is 113 cm³/mol. The number of methoxy groups -OCH3 is 1. The highest BCUT2D eigenvalue weighted by molar-refractivity contribution is 5.94. The van der Waals surface area contributed by atoms with E-state index in [4.69, 9.17) is 4.74 Å². The van der Waals surface area contributed by atoms with E-state index in [0.717, 1.165) is 11.3 Å². The average molecular weight is 418 g/mol. The average Bonchev–Trinajstić information content (AvgIpc) is 3.25. The van der Waals surface area contributed by atoms with Gasteiger partial charge >= 0.3 is 5.69 Å². The Morgan fingerprint density at radius 3 is 2.74 bits per heavy atom. The van der Waals surface area contributed by atoms with Crippen molar-refractivity contribution in [2.75, 3.05) is 13.7 Å². The lowest BCUT2D eigenvalue weighted by Gasteiger charge is -2.28. The summed E-state index contributed by atoms with van der Waals surface area (Å²) in [6, 6.07) is 13.6. The number of hydrogen-bond acceptors (Lipinski definition) is 4.